The first-order valence-corrected chi connectivity index (χ1v) is 6.01. The van der Waals surface area contributed by atoms with Gasteiger partial charge >= 0.3 is 0 Å². The average Bonchev–Trinajstić information content (AvgIpc) is 2.38. The van der Waals surface area contributed by atoms with E-state index in [1.165, 1.54) is 0 Å². The van der Waals surface area contributed by atoms with Crippen LogP contribution in [0.3, 0.4) is 0 Å². The van der Waals surface area contributed by atoms with Gasteiger partial charge in [0, 0.05) is 6.04 Å². The number of nitrogens with one attached hydrogen (secondary N) is 1. The first-order valence-electron chi connectivity index (χ1n) is 6.01. The molecule has 104 valence electrons. The van der Waals surface area contributed by atoms with E-state index in [2.05, 4.69) is 10.3 Å². The lowest BCUT2D eigenvalue weighted by Crippen LogP contribution is -2.37. The van der Waals surface area contributed by atoms with Crippen molar-refractivity contribution in [1.29, 1.82) is 0 Å². The molecule has 1 aliphatic rings. The number of aromatic nitrogens is 1. The zero-order valence-corrected chi connectivity index (χ0v) is 9.98. The highest BCUT2D eigenvalue weighted by atomic mass is 19.2. The fraction of sp³-hybridized carbons (Fsp3) is 0.500. The van der Waals surface area contributed by atoms with E-state index in [1.54, 1.807) is 0 Å². The molecular formula is C12H12F4N2O. The van der Waals surface area contributed by atoms with Crippen LogP contribution in [0.2, 0.25) is 0 Å². The molecule has 1 aliphatic carbocycles. The van der Waals surface area contributed by atoms with E-state index in [0.717, 1.165) is 19.3 Å². The maximum atomic E-state index is 13.3. The maximum absolute atomic E-state index is 13.3. The van der Waals surface area contributed by atoms with E-state index < -0.39 is 35.0 Å². The Morgan fingerprint density at radius 3 is 2.05 bits per heavy atom. The van der Waals surface area contributed by atoms with Gasteiger partial charge in [-0.05, 0) is 12.8 Å². The van der Waals surface area contributed by atoms with Crippen LogP contribution in [0, 0.1) is 23.5 Å². The standard InChI is InChI=1S/C12H12F4N2O/c13-8-7(9(14)11(16)18-10(8)15)12(19)17-6-4-2-1-3-5-6/h6H,1-5H2,(H,17,19). The first kappa shape index (κ1) is 13.8. The van der Waals surface area contributed by atoms with Crippen molar-refractivity contribution >= 4 is 5.91 Å². The highest BCUT2D eigenvalue weighted by molar-refractivity contribution is 5.94. The highest BCUT2D eigenvalue weighted by Gasteiger charge is 2.27. The summed E-state index contributed by atoms with van der Waals surface area (Å²) in [6.07, 6.45) is 4.20. The van der Waals surface area contributed by atoms with Crippen LogP contribution < -0.4 is 5.32 Å². The molecule has 0 unspecified atom stereocenters. The molecule has 0 bridgehead atoms. The predicted octanol–water partition coefficient (Wildman–Crippen LogP) is 2.70. The van der Waals surface area contributed by atoms with E-state index in [-0.39, 0.29) is 6.04 Å². The van der Waals surface area contributed by atoms with Crippen LogP contribution in [0.15, 0.2) is 0 Å². The van der Waals surface area contributed by atoms with E-state index >= 15 is 0 Å². The van der Waals surface area contributed by atoms with Crippen molar-refractivity contribution in [3.05, 3.63) is 29.1 Å². The fourth-order valence-corrected chi connectivity index (χ4v) is 2.19. The van der Waals surface area contributed by atoms with Crippen LogP contribution in [0.4, 0.5) is 17.6 Å². The molecule has 7 heteroatoms. The third-order valence-electron chi connectivity index (χ3n) is 3.16. The largest absolute Gasteiger partial charge is 0.349 e. The van der Waals surface area contributed by atoms with Crippen molar-refractivity contribution in [2.75, 3.05) is 0 Å². The third-order valence-corrected chi connectivity index (χ3v) is 3.16. The molecular weight excluding hydrogens is 264 g/mol. The van der Waals surface area contributed by atoms with Crippen LogP contribution in [-0.2, 0) is 0 Å². The van der Waals surface area contributed by atoms with Gasteiger partial charge in [-0.2, -0.15) is 13.8 Å². The lowest BCUT2D eigenvalue weighted by atomic mass is 9.95. The molecule has 1 amide bonds. The van der Waals surface area contributed by atoms with Gasteiger partial charge in [-0.1, -0.05) is 19.3 Å². The molecule has 1 N–H and O–H groups in total. The molecule has 0 saturated heterocycles. The van der Waals surface area contributed by atoms with Gasteiger partial charge in [0.2, 0.25) is 0 Å². The molecule has 0 aliphatic heterocycles. The Morgan fingerprint density at radius 1 is 1.00 bits per heavy atom. The molecule has 2 rings (SSSR count). The van der Waals surface area contributed by atoms with Crippen LogP contribution in [0.25, 0.3) is 0 Å². The summed E-state index contributed by atoms with van der Waals surface area (Å²) in [5.74, 6) is -8.35. The summed E-state index contributed by atoms with van der Waals surface area (Å²) in [7, 11) is 0. The Kier molecular flexibility index (Phi) is 4.01. The SMILES string of the molecule is O=C(NC1CCCCC1)c1c(F)c(F)nc(F)c1F. The molecule has 0 atom stereocenters. The van der Waals surface area contributed by atoms with Crippen molar-refractivity contribution in [2.45, 2.75) is 38.1 Å². The molecule has 0 spiro atoms. The van der Waals surface area contributed by atoms with Crippen LogP contribution in [-0.4, -0.2) is 16.9 Å². The topological polar surface area (TPSA) is 42.0 Å². The van der Waals surface area contributed by atoms with Crippen molar-refractivity contribution in [2.24, 2.45) is 0 Å². The second-order valence-corrected chi connectivity index (χ2v) is 4.50. The summed E-state index contributed by atoms with van der Waals surface area (Å²) in [5.41, 5.74) is -1.25. The molecule has 1 aromatic heterocycles. The molecule has 19 heavy (non-hydrogen) atoms. The monoisotopic (exact) mass is 276 g/mol. The molecule has 1 heterocycles. The van der Waals surface area contributed by atoms with Crippen molar-refractivity contribution in [3.8, 4) is 0 Å². The Bertz CT molecular complexity index is 475. The van der Waals surface area contributed by atoms with Crippen LogP contribution in [0.5, 0.6) is 0 Å². The predicted molar refractivity (Wildman–Crippen MR) is 58.4 cm³/mol. The maximum Gasteiger partial charge on any atom is 0.257 e. The van der Waals surface area contributed by atoms with Gasteiger partial charge < -0.3 is 5.32 Å². The lowest BCUT2D eigenvalue weighted by molar-refractivity contribution is 0.0915. The van der Waals surface area contributed by atoms with Crippen LogP contribution in [0.1, 0.15) is 42.5 Å². The smallest absolute Gasteiger partial charge is 0.257 e. The third kappa shape index (κ3) is 2.85. The molecule has 3 nitrogen and oxygen atoms in total. The van der Waals surface area contributed by atoms with E-state index in [1.807, 2.05) is 0 Å². The number of rotatable bonds is 2. The normalized spacial score (nSPS) is 16.4. The second-order valence-electron chi connectivity index (χ2n) is 4.50. The van der Waals surface area contributed by atoms with Gasteiger partial charge in [0.05, 0.1) is 0 Å². The summed E-state index contributed by atoms with van der Waals surface area (Å²) in [4.78, 5) is 14.1. The highest BCUT2D eigenvalue weighted by Crippen LogP contribution is 2.20. The van der Waals surface area contributed by atoms with E-state index in [4.69, 9.17) is 0 Å². The van der Waals surface area contributed by atoms with Crippen LogP contribution >= 0.6 is 0 Å². The number of pyridine rings is 1. The fourth-order valence-electron chi connectivity index (χ4n) is 2.19. The minimum atomic E-state index is -1.83. The minimum Gasteiger partial charge on any atom is -0.349 e. The number of amides is 1. The first-order chi connectivity index (χ1) is 9.00. The lowest BCUT2D eigenvalue weighted by Gasteiger charge is -2.22. The summed E-state index contributed by atoms with van der Waals surface area (Å²) in [5, 5.41) is 2.39. The Labute approximate surface area is 107 Å². The number of hydrogen-bond acceptors (Lipinski definition) is 2. The van der Waals surface area contributed by atoms with Gasteiger partial charge in [-0.15, -0.1) is 0 Å². The number of halogens is 4. The summed E-state index contributed by atoms with van der Waals surface area (Å²) in [6.45, 7) is 0. The Balaban J connectivity index is 2.23. The number of carbonyl (C=O) groups is 1. The summed E-state index contributed by atoms with van der Waals surface area (Å²) < 4.78 is 52.5. The quantitative estimate of drug-likeness (QED) is 0.666. The van der Waals surface area contributed by atoms with Gasteiger partial charge in [-0.3, -0.25) is 4.79 Å². The van der Waals surface area contributed by atoms with Gasteiger partial charge in [0.1, 0.15) is 5.56 Å². The molecule has 0 aromatic carbocycles. The van der Waals surface area contributed by atoms with Crippen molar-refractivity contribution < 1.29 is 22.4 Å². The minimum absolute atomic E-state index is 0.223. The number of nitrogens with zero attached hydrogens (tertiary/aromatic N) is 1. The van der Waals surface area contributed by atoms with Crippen molar-refractivity contribution in [3.63, 3.8) is 0 Å². The Morgan fingerprint density at radius 2 is 1.53 bits per heavy atom. The summed E-state index contributed by atoms with van der Waals surface area (Å²) >= 11 is 0. The number of carbonyl (C=O) groups excluding carboxylic acids is 1. The summed E-state index contributed by atoms with van der Waals surface area (Å²) in [6, 6.07) is -0.223. The second kappa shape index (κ2) is 5.54. The molecule has 0 radical (unpaired) electrons. The molecule has 1 fully saturated rings. The van der Waals surface area contributed by atoms with E-state index in [0.29, 0.717) is 12.8 Å². The van der Waals surface area contributed by atoms with Gasteiger partial charge in [0.15, 0.2) is 11.6 Å². The number of hydrogen-bond donors (Lipinski definition) is 1. The Hall–Kier alpha value is -1.66. The molecule has 1 aromatic rings. The zero-order valence-electron chi connectivity index (χ0n) is 9.98. The van der Waals surface area contributed by atoms with Crippen molar-refractivity contribution in [1.82, 2.24) is 10.3 Å². The molecule has 1 saturated carbocycles. The average molecular weight is 276 g/mol. The zero-order chi connectivity index (χ0) is 14.0. The van der Waals surface area contributed by atoms with E-state index in [9.17, 15) is 22.4 Å². The van der Waals surface area contributed by atoms with Gasteiger partial charge in [-0.25, -0.2) is 8.78 Å². The van der Waals surface area contributed by atoms with Gasteiger partial charge in [0.25, 0.3) is 17.8 Å².